The Morgan fingerprint density at radius 3 is 2.17 bits per heavy atom. The second-order valence-corrected chi connectivity index (χ2v) is 3.63. The maximum atomic E-state index is 3.35. The molecule has 0 unspecified atom stereocenters. The monoisotopic (exact) mass is 171 g/mol. The van der Waals surface area contributed by atoms with Crippen LogP contribution >= 0.6 is 0 Å². The lowest BCUT2D eigenvalue weighted by Gasteiger charge is -2.36. The quantitative estimate of drug-likeness (QED) is 0.668. The van der Waals surface area contributed by atoms with Crippen molar-refractivity contribution in [1.29, 1.82) is 0 Å². The van der Waals surface area contributed by atoms with Gasteiger partial charge in [0.1, 0.15) is 0 Å². The molecule has 1 rings (SSSR count). The van der Waals surface area contributed by atoms with E-state index in [4.69, 9.17) is 0 Å². The first-order chi connectivity index (χ1) is 5.74. The highest BCUT2D eigenvalue weighted by molar-refractivity contribution is 4.71. The molecule has 0 bridgehead atoms. The van der Waals surface area contributed by atoms with Gasteiger partial charge in [0.05, 0.1) is 0 Å². The van der Waals surface area contributed by atoms with Gasteiger partial charge in [-0.15, -0.1) is 0 Å². The van der Waals surface area contributed by atoms with Gasteiger partial charge in [0.25, 0.3) is 0 Å². The van der Waals surface area contributed by atoms with Gasteiger partial charge in [0, 0.05) is 38.8 Å². The highest BCUT2D eigenvalue weighted by Gasteiger charge is 2.17. The fraction of sp³-hybridized carbons (Fsp3) is 1.00. The summed E-state index contributed by atoms with van der Waals surface area (Å²) >= 11 is 0. The van der Waals surface area contributed by atoms with Crippen LogP contribution in [-0.2, 0) is 0 Å². The molecule has 1 aliphatic heterocycles. The third-order valence-corrected chi connectivity index (χ3v) is 2.43. The molecule has 1 heterocycles. The molecule has 3 heteroatoms. The first-order valence-corrected chi connectivity index (χ1v) is 4.96. The van der Waals surface area contributed by atoms with Crippen LogP contribution in [0.3, 0.4) is 0 Å². The molecule has 0 aromatic heterocycles. The molecule has 1 N–H and O–H groups in total. The Labute approximate surface area is 75.7 Å². The third kappa shape index (κ3) is 2.73. The topological polar surface area (TPSA) is 18.5 Å². The van der Waals surface area contributed by atoms with Crippen molar-refractivity contribution in [2.75, 3.05) is 32.7 Å². The lowest BCUT2D eigenvalue weighted by Crippen LogP contribution is -2.53. The van der Waals surface area contributed by atoms with E-state index in [1.807, 2.05) is 0 Å². The first-order valence-electron chi connectivity index (χ1n) is 4.96. The van der Waals surface area contributed by atoms with E-state index in [2.05, 4.69) is 36.1 Å². The summed E-state index contributed by atoms with van der Waals surface area (Å²) in [5.74, 6) is 0. The maximum absolute atomic E-state index is 3.35. The Morgan fingerprint density at radius 2 is 1.75 bits per heavy atom. The summed E-state index contributed by atoms with van der Waals surface area (Å²) < 4.78 is 0. The van der Waals surface area contributed by atoms with Crippen LogP contribution in [0.4, 0.5) is 0 Å². The minimum absolute atomic E-state index is 0.703. The van der Waals surface area contributed by atoms with Crippen LogP contribution in [0.25, 0.3) is 0 Å². The van der Waals surface area contributed by atoms with Crippen molar-refractivity contribution in [1.82, 2.24) is 15.3 Å². The minimum Gasteiger partial charge on any atom is -0.298 e. The number of hydrogen-bond donors (Lipinski definition) is 1. The van der Waals surface area contributed by atoms with Crippen LogP contribution in [0.1, 0.15) is 20.8 Å². The SMILES string of the molecule is CCNN1CCN(C(C)C)CC1. The Balaban J connectivity index is 2.20. The molecule has 0 atom stereocenters. The van der Waals surface area contributed by atoms with Gasteiger partial charge >= 0.3 is 0 Å². The molecule has 1 fully saturated rings. The predicted octanol–water partition coefficient (Wildman–Crippen LogP) is 0.537. The lowest BCUT2D eigenvalue weighted by molar-refractivity contribution is 0.0744. The predicted molar refractivity (Wildman–Crippen MR) is 52.0 cm³/mol. The zero-order chi connectivity index (χ0) is 8.97. The van der Waals surface area contributed by atoms with E-state index >= 15 is 0 Å². The van der Waals surface area contributed by atoms with Crippen molar-refractivity contribution in [3.8, 4) is 0 Å². The number of piperazine rings is 1. The number of hydrazine groups is 1. The Kier molecular flexibility index (Phi) is 3.98. The third-order valence-electron chi connectivity index (χ3n) is 2.43. The molecule has 0 radical (unpaired) electrons. The van der Waals surface area contributed by atoms with Crippen LogP contribution in [0.15, 0.2) is 0 Å². The molecule has 0 spiro atoms. The van der Waals surface area contributed by atoms with Crippen LogP contribution < -0.4 is 5.43 Å². The van der Waals surface area contributed by atoms with Gasteiger partial charge < -0.3 is 0 Å². The standard InChI is InChI=1S/C9H21N3/c1-4-10-12-7-5-11(6-8-12)9(2)3/h9-10H,4-8H2,1-3H3. The molecule has 1 aliphatic rings. The van der Waals surface area contributed by atoms with E-state index in [0.29, 0.717) is 6.04 Å². The van der Waals surface area contributed by atoms with E-state index in [0.717, 1.165) is 19.6 Å². The average Bonchev–Trinajstić information content (AvgIpc) is 2.06. The summed E-state index contributed by atoms with van der Waals surface area (Å²) in [5, 5.41) is 2.32. The second kappa shape index (κ2) is 4.80. The van der Waals surface area contributed by atoms with Gasteiger partial charge in [-0.1, -0.05) is 6.92 Å². The summed E-state index contributed by atoms with van der Waals surface area (Å²) in [6, 6.07) is 0.703. The smallest absolute Gasteiger partial charge is 0.0259 e. The lowest BCUT2D eigenvalue weighted by atomic mass is 10.2. The van der Waals surface area contributed by atoms with Crippen LogP contribution in [-0.4, -0.2) is 48.7 Å². The average molecular weight is 171 g/mol. The van der Waals surface area contributed by atoms with E-state index in [1.165, 1.54) is 13.1 Å². The Bertz CT molecular complexity index is 117. The number of nitrogens with zero attached hydrogens (tertiary/aromatic N) is 2. The molecule has 1 saturated heterocycles. The number of rotatable bonds is 3. The maximum Gasteiger partial charge on any atom is 0.0259 e. The Morgan fingerprint density at radius 1 is 1.17 bits per heavy atom. The molecule has 72 valence electrons. The fourth-order valence-corrected chi connectivity index (χ4v) is 1.62. The van der Waals surface area contributed by atoms with Crippen molar-refractivity contribution >= 4 is 0 Å². The molecule has 12 heavy (non-hydrogen) atoms. The zero-order valence-electron chi connectivity index (χ0n) is 8.51. The van der Waals surface area contributed by atoms with E-state index in [-0.39, 0.29) is 0 Å². The van der Waals surface area contributed by atoms with Crippen molar-refractivity contribution < 1.29 is 0 Å². The first kappa shape index (κ1) is 9.96. The highest BCUT2D eigenvalue weighted by atomic mass is 15.5. The summed E-state index contributed by atoms with van der Waals surface area (Å²) in [5.41, 5.74) is 3.35. The number of hydrogen-bond acceptors (Lipinski definition) is 3. The van der Waals surface area contributed by atoms with Gasteiger partial charge in [-0.25, -0.2) is 5.01 Å². The van der Waals surface area contributed by atoms with E-state index in [1.54, 1.807) is 0 Å². The summed E-state index contributed by atoms with van der Waals surface area (Å²) in [4.78, 5) is 2.52. The molecule has 3 nitrogen and oxygen atoms in total. The van der Waals surface area contributed by atoms with Crippen LogP contribution in [0.5, 0.6) is 0 Å². The van der Waals surface area contributed by atoms with Crippen molar-refractivity contribution in [2.24, 2.45) is 0 Å². The summed E-state index contributed by atoms with van der Waals surface area (Å²) in [6.45, 7) is 12.4. The van der Waals surface area contributed by atoms with Crippen molar-refractivity contribution in [3.63, 3.8) is 0 Å². The van der Waals surface area contributed by atoms with Crippen molar-refractivity contribution in [3.05, 3.63) is 0 Å². The highest BCUT2D eigenvalue weighted by Crippen LogP contribution is 2.03. The van der Waals surface area contributed by atoms with Gasteiger partial charge in [-0.2, -0.15) is 0 Å². The minimum atomic E-state index is 0.703. The normalized spacial score (nSPS) is 22.0. The summed E-state index contributed by atoms with van der Waals surface area (Å²) in [7, 11) is 0. The second-order valence-electron chi connectivity index (χ2n) is 3.63. The molecule has 0 aromatic carbocycles. The van der Waals surface area contributed by atoms with Gasteiger partial charge in [0.15, 0.2) is 0 Å². The van der Waals surface area contributed by atoms with Gasteiger partial charge in [-0.3, -0.25) is 10.3 Å². The van der Waals surface area contributed by atoms with Crippen molar-refractivity contribution in [2.45, 2.75) is 26.8 Å². The molecule has 0 saturated carbocycles. The molecule has 0 aromatic rings. The Hall–Kier alpha value is -0.120. The van der Waals surface area contributed by atoms with Gasteiger partial charge in [0.2, 0.25) is 0 Å². The van der Waals surface area contributed by atoms with Crippen LogP contribution in [0.2, 0.25) is 0 Å². The van der Waals surface area contributed by atoms with E-state index in [9.17, 15) is 0 Å². The molecular weight excluding hydrogens is 150 g/mol. The largest absolute Gasteiger partial charge is 0.298 e. The van der Waals surface area contributed by atoms with Crippen LogP contribution in [0, 0.1) is 0 Å². The molecular formula is C9H21N3. The zero-order valence-corrected chi connectivity index (χ0v) is 8.51. The summed E-state index contributed by atoms with van der Waals surface area (Å²) in [6.07, 6.45) is 0. The molecule has 0 amide bonds. The fourth-order valence-electron chi connectivity index (χ4n) is 1.62. The van der Waals surface area contributed by atoms with E-state index < -0.39 is 0 Å². The number of nitrogens with one attached hydrogen (secondary N) is 1. The molecule has 0 aliphatic carbocycles. The van der Waals surface area contributed by atoms with Gasteiger partial charge in [-0.05, 0) is 13.8 Å².